The molecule has 0 saturated carbocycles. The van der Waals surface area contributed by atoms with Crippen LogP contribution in [-0.2, 0) is 11.3 Å². The Morgan fingerprint density at radius 3 is 2.53 bits per heavy atom. The Labute approximate surface area is 228 Å². The smallest absolute Gasteiger partial charge is 0.254 e. The number of nitrogens with zero attached hydrogens (tertiary/aromatic N) is 3. The summed E-state index contributed by atoms with van der Waals surface area (Å²) in [5.41, 5.74) is 3.81. The van der Waals surface area contributed by atoms with Gasteiger partial charge in [0, 0.05) is 58.4 Å². The normalized spacial score (nSPS) is 15.3. The molecule has 0 radical (unpaired) electrons. The van der Waals surface area contributed by atoms with Gasteiger partial charge in [-0.15, -0.1) is 11.8 Å². The van der Waals surface area contributed by atoms with Crippen LogP contribution in [0.25, 0.3) is 10.9 Å². The maximum absolute atomic E-state index is 13.6. The minimum Gasteiger partial charge on any atom is -0.348 e. The maximum atomic E-state index is 13.6. The predicted octanol–water partition coefficient (Wildman–Crippen LogP) is 3.96. The second-order valence-corrected chi connectivity index (χ2v) is 11.4. The molecule has 2 amide bonds. The number of benzene rings is 1. The van der Waals surface area contributed by atoms with Crippen LogP contribution in [0.5, 0.6) is 0 Å². The van der Waals surface area contributed by atoms with E-state index in [1.807, 2.05) is 68.3 Å². The van der Waals surface area contributed by atoms with Crippen molar-refractivity contribution >= 4 is 34.5 Å². The Morgan fingerprint density at radius 1 is 1.18 bits per heavy atom. The Balaban J connectivity index is 1.56. The molecule has 3 aromatic rings. The number of aromatic nitrogens is 2. The number of para-hydroxylation sites is 1. The molecular weight excluding hydrogens is 498 g/mol. The maximum Gasteiger partial charge on any atom is 0.254 e. The number of hydrogen-bond donors (Lipinski definition) is 2. The van der Waals surface area contributed by atoms with E-state index in [0.29, 0.717) is 23.6 Å². The third kappa shape index (κ3) is 5.68. The fraction of sp³-hybridized carbons (Fsp3) is 0.483. The van der Waals surface area contributed by atoms with Gasteiger partial charge in [0.05, 0.1) is 12.1 Å². The first kappa shape index (κ1) is 28.0. The lowest BCUT2D eigenvalue weighted by Gasteiger charge is -2.36. The largest absolute Gasteiger partial charge is 0.348 e. The summed E-state index contributed by atoms with van der Waals surface area (Å²) in [6.45, 7) is 8.21. The van der Waals surface area contributed by atoms with Gasteiger partial charge >= 0.3 is 0 Å². The first-order valence-electron chi connectivity index (χ1n) is 13.2. The first-order valence-corrected chi connectivity index (χ1v) is 14.4. The van der Waals surface area contributed by atoms with E-state index >= 15 is 0 Å². The van der Waals surface area contributed by atoms with Crippen LogP contribution in [0.3, 0.4) is 0 Å². The van der Waals surface area contributed by atoms with Crippen LogP contribution >= 0.6 is 11.8 Å². The van der Waals surface area contributed by atoms with Crippen LogP contribution in [-0.4, -0.2) is 71.2 Å². The third-order valence-corrected chi connectivity index (χ3v) is 8.50. The molecule has 3 heterocycles. The summed E-state index contributed by atoms with van der Waals surface area (Å²) < 4.78 is 2.29. The number of likely N-dealkylation sites (tertiary alicyclic amines) is 1. The zero-order valence-corrected chi connectivity index (χ0v) is 24.1. The minimum atomic E-state index is -0.180. The van der Waals surface area contributed by atoms with Crippen molar-refractivity contribution in [2.75, 3.05) is 40.0 Å². The lowest BCUT2D eigenvalue weighted by Crippen LogP contribution is -2.43. The van der Waals surface area contributed by atoms with Gasteiger partial charge in [-0.3, -0.25) is 14.4 Å². The molecule has 2 N–H and O–H groups in total. The molecule has 8 nitrogen and oxygen atoms in total. The van der Waals surface area contributed by atoms with E-state index in [0.717, 1.165) is 53.1 Å². The highest BCUT2D eigenvalue weighted by molar-refractivity contribution is 7.98. The SMILES string of the molecule is CSc1cc(C)[nH]c(=O)c1CNC(=O)c1c(C)n([C@H](C)C2CCN(C(=O)CN(C)C)CC2)c2ccccc12. The quantitative estimate of drug-likeness (QED) is 0.425. The molecule has 2 aromatic heterocycles. The van der Waals surface area contributed by atoms with E-state index in [9.17, 15) is 14.4 Å². The number of pyridine rings is 1. The average molecular weight is 538 g/mol. The molecule has 1 aliphatic rings. The summed E-state index contributed by atoms with van der Waals surface area (Å²) in [6.07, 6.45) is 3.80. The van der Waals surface area contributed by atoms with E-state index in [4.69, 9.17) is 0 Å². The number of hydrogen-bond acceptors (Lipinski definition) is 5. The molecule has 1 aliphatic heterocycles. The van der Waals surface area contributed by atoms with E-state index in [2.05, 4.69) is 27.9 Å². The van der Waals surface area contributed by atoms with E-state index in [-0.39, 0.29) is 30.0 Å². The summed E-state index contributed by atoms with van der Waals surface area (Å²) >= 11 is 1.50. The number of amides is 2. The van der Waals surface area contributed by atoms with Crippen molar-refractivity contribution in [2.24, 2.45) is 5.92 Å². The number of rotatable bonds is 8. The lowest BCUT2D eigenvalue weighted by atomic mass is 9.90. The highest BCUT2D eigenvalue weighted by atomic mass is 32.2. The van der Waals surface area contributed by atoms with Crippen LogP contribution < -0.4 is 10.9 Å². The van der Waals surface area contributed by atoms with E-state index in [1.165, 1.54) is 11.8 Å². The number of carbonyl (C=O) groups excluding carboxylic acids is 2. The van der Waals surface area contributed by atoms with Crippen molar-refractivity contribution < 1.29 is 9.59 Å². The van der Waals surface area contributed by atoms with Crippen molar-refractivity contribution in [3.05, 3.63) is 63.2 Å². The molecule has 1 fully saturated rings. The number of carbonyl (C=O) groups is 2. The van der Waals surface area contributed by atoms with Crippen LogP contribution in [0.1, 0.15) is 53.1 Å². The molecule has 0 aliphatic carbocycles. The molecule has 1 atom stereocenters. The van der Waals surface area contributed by atoms with E-state index in [1.54, 1.807) is 0 Å². The fourth-order valence-corrected chi connectivity index (χ4v) is 6.41. The molecule has 9 heteroatoms. The summed E-state index contributed by atoms with van der Waals surface area (Å²) in [5.74, 6) is 0.402. The standard InChI is InChI=1S/C29H39N5O3S/c1-18-15-25(38-6)23(28(36)31-18)16-30-29(37)27-20(3)34(24-10-8-7-9-22(24)27)19(2)21-11-13-33(14-12-21)26(35)17-32(4)5/h7-10,15,19,21H,11-14,16-17H2,1-6H3,(H,30,37)(H,31,36)/t19-/m1/s1. The highest BCUT2D eigenvalue weighted by Gasteiger charge is 2.30. The molecule has 0 unspecified atom stereocenters. The van der Waals surface area contributed by atoms with Gasteiger partial charge in [0.1, 0.15) is 0 Å². The summed E-state index contributed by atoms with van der Waals surface area (Å²) in [5, 5.41) is 3.93. The second-order valence-electron chi connectivity index (χ2n) is 10.6. The van der Waals surface area contributed by atoms with Crippen LogP contribution in [0.4, 0.5) is 0 Å². The van der Waals surface area contributed by atoms with Gasteiger partial charge in [0.2, 0.25) is 5.91 Å². The number of piperidine rings is 1. The molecule has 1 aromatic carbocycles. The number of nitrogens with one attached hydrogen (secondary N) is 2. The van der Waals surface area contributed by atoms with Gasteiger partial charge < -0.3 is 24.7 Å². The molecule has 4 rings (SSSR count). The Kier molecular flexibility index (Phi) is 8.67. The van der Waals surface area contributed by atoms with Gasteiger partial charge in [-0.1, -0.05) is 18.2 Å². The van der Waals surface area contributed by atoms with Crippen molar-refractivity contribution in [1.82, 2.24) is 24.7 Å². The molecule has 204 valence electrons. The molecular formula is C29H39N5O3S. The summed E-state index contributed by atoms with van der Waals surface area (Å²) in [7, 11) is 3.84. The number of aryl methyl sites for hydroxylation is 1. The van der Waals surface area contributed by atoms with Crippen molar-refractivity contribution in [3.8, 4) is 0 Å². The summed E-state index contributed by atoms with van der Waals surface area (Å²) in [6, 6.07) is 10.1. The van der Waals surface area contributed by atoms with Gasteiger partial charge in [-0.25, -0.2) is 0 Å². The topological polar surface area (TPSA) is 90.4 Å². The van der Waals surface area contributed by atoms with Gasteiger partial charge in [-0.2, -0.15) is 0 Å². The van der Waals surface area contributed by atoms with Crippen molar-refractivity contribution in [3.63, 3.8) is 0 Å². The molecule has 0 spiro atoms. The van der Waals surface area contributed by atoms with Crippen molar-refractivity contribution in [1.29, 1.82) is 0 Å². The van der Waals surface area contributed by atoms with Gasteiger partial charge in [-0.05, 0) is 72.0 Å². The zero-order chi connectivity index (χ0) is 27.6. The van der Waals surface area contributed by atoms with Crippen LogP contribution in [0, 0.1) is 19.8 Å². The number of thioether (sulfide) groups is 1. The third-order valence-electron chi connectivity index (χ3n) is 7.69. The van der Waals surface area contributed by atoms with E-state index < -0.39 is 0 Å². The lowest BCUT2D eigenvalue weighted by molar-refractivity contribution is -0.133. The monoisotopic (exact) mass is 537 g/mol. The van der Waals surface area contributed by atoms with Crippen LogP contribution in [0.15, 0.2) is 40.0 Å². The second kappa shape index (κ2) is 11.8. The number of fused-ring (bicyclic) bond motifs is 1. The predicted molar refractivity (Wildman–Crippen MR) is 154 cm³/mol. The average Bonchev–Trinajstić information content (AvgIpc) is 3.18. The number of H-pyrrole nitrogens is 1. The Morgan fingerprint density at radius 2 is 1.87 bits per heavy atom. The van der Waals surface area contributed by atoms with Gasteiger partial charge in [0.15, 0.2) is 0 Å². The van der Waals surface area contributed by atoms with Gasteiger partial charge in [0.25, 0.3) is 11.5 Å². The number of likely N-dealkylation sites (N-methyl/N-ethyl adjacent to an activating group) is 1. The highest BCUT2D eigenvalue weighted by Crippen LogP contribution is 2.35. The molecule has 0 bridgehead atoms. The molecule has 1 saturated heterocycles. The first-order chi connectivity index (χ1) is 18.1. The minimum absolute atomic E-state index is 0.165. The van der Waals surface area contributed by atoms with Crippen LogP contribution in [0.2, 0.25) is 0 Å². The number of aromatic amines is 1. The summed E-state index contributed by atoms with van der Waals surface area (Å²) in [4.78, 5) is 46.3. The fourth-order valence-electron chi connectivity index (χ4n) is 5.71. The zero-order valence-electron chi connectivity index (χ0n) is 23.3. The van der Waals surface area contributed by atoms with Crippen molar-refractivity contribution in [2.45, 2.75) is 51.1 Å². The Bertz CT molecular complexity index is 1380. The Hall–Kier alpha value is -3.04. The molecule has 38 heavy (non-hydrogen) atoms.